The summed E-state index contributed by atoms with van der Waals surface area (Å²) in [7, 11) is 0. The van der Waals surface area contributed by atoms with Crippen LogP contribution in [0.4, 0.5) is 4.39 Å². The molecular weight excluding hydrogens is 277 g/mol. The normalized spacial score (nSPS) is 51.0. The van der Waals surface area contributed by atoms with Gasteiger partial charge in [0.15, 0.2) is 0 Å². The van der Waals surface area contributed by atoms with Crippen molar-refractivity contribution in [2.45, 2.75) is 64.9 Å². The lowest BCUT2D eigenvalue weighted by Crippen LogP contribution is -2.50. The fourth-order valence-electron chi connectivity index (χ4n) is 6.35. The van der Waals surface area contributed by atoms with Crippen LogP contribution in [0.3, 0.4) is 0 Å². The fourth-order valence-corrected chi connectivity index (χ4v) is 6.35. The molecule has 3 heteroatoms. The summed E-state index contributed by atoms with van der Waals surface area (Å²) in [6.45, 7) is 4.58. The van der Waals surface area contributed by atoms with Crippen LogP contribution >= 0.6 is 0 Å². The summed E-state index contributed by atoms with van der Waals surface area (Å²) in [6.07, 6.45) is 8.75. The Morgan fingerprint density at radius 2 is 1.86 bits per heavy atom. The van der Waals surface area contributed by atoms with Gasteiger partial charge in [0, 0.05) is 17.5 Å². The number of hydrogen-bond acceptors (Lipinski definition) is 2. The zero-order valence-corrected chi connectivity index (χ0v) is 13.7. The van der Waals surface area contributed by atoms with Crippen LogP contribution < -0.4 is 5.73 Å². The second kappa shape index (κ2) is 4.59. The Hall–Kier alpha value is -0.830. The van der Waals surface area contributed by atoms with Crippen LogP contribution in [0.15, 0.2) is 23.2 Å². The first-order valence-electron chi connectivity index (χ1n) is 8.90. The molecule has 0 spiro atoms. The average Bonchev–Trinajstić information content (AvgIpc) is 2.72. The van der Waals surface area contributed by atoms with Gasteiger partial charge in [-0.05, 0) is 61.7 Å². The van der Waals surface area contributed by atoms with Crippen molar-refractivity contribution >= 4 is 0 Å². The molecule has 0 aliphatic heterocycles. The number of fused-ring (bicyclic) bond motifs is 5. The highest BCUT2D eigenvalue weighted by Crippen LogP contribution is 2.65. The van der Waals surface area contributed by atoms with Gasteiger partial charge in [0.05, 0.1) is 6.10 Å². The van der Waals surface area contributed by atoms with Gasteiger partial charge in [0.1, 0.15) is 5.83 Å². The van der Waals surface area contributed by atoms with E-state index in [2.05, 4.69) is 19.9 Å². The largest absolute Gasteiger partial charge is 0.400 e. The smallest absolute Gasteiger partial charge is 0.119 e. The van der Waals surface area contributed by atoms with Crippen molar-refractivity contribution in [3.63, 3.8) is 0 Å². The Morgan fingerprint density at radius 1 is 1.14 bits per heavy atom. The zero-order valence-electron chi connectivity index (χ0n) is 13.7. The van der Waals surface area contributed by atoms with E-state index in [1.54, 1.807) is 0 Å². The van der Waals surface area contributed by atoms with E-state index in [1.165, 1.54) is 5.57 Å². The molecule has 0 bridgehead atoms. The van der Waals surface area contributed by atoms with Gasteiger partial charge in [-0.3, -0.25) is 0 Å². The molecule has 0 aromatic rings. The van der Waals surface area contributed by atoms with E-state index in [0.29, 0.717) is 29.9 Å². The number of rotatable bonds is 0. The minimum absolute atomic E-state index is 0.0429. The number of nitrogens with two attached hydrogens (primary N) is 1. The van der Waals surface area contributed by atoms with Crippen molar-refractivity contribution in [1.29, 1.82) is 0 Å². The van der Waals surface area contributed by atoms with Gasteiger partial charge < -0.3 is 10.8 Å². The zero-order chi connectivity index (χ0) is 15.7. The van der Waals surface area contributed by atoms with Crippen LogP contribution in [0.2, 0.25) is 0 Å². The summed E-state index contributed by atoms with van der Waals surface area (Å²) in [5.74, 6) is 1.56. The average molecular weight is 305 g/mol. The molecule has 122 valence electrons. The van der Waals surface area contributed by atoms with Crippen LogP contribution in [0.1, 0.15) is 58.8 Å². The summed E-state index contributed by atoms with van der Waals surface area (Å²) >= 11 is 0. The van der Waals surface area contributed by atoms with Crippen molar-refractivity contribution in [2.24, 2.45) is 34.3 Å². The van der Waals surface area contributed by atoms with Crippen LogP contribution in [0, 0.1) is 28.6 Å². The SMILES string of the molecule is C[C@]12CC[C@H](O)C=C1CC[C@@H]1[C@@H]2CC[C@]2(C)C(N)=C(F)C[C@@H]12. The molecule has 2 fully saturated rings. The lowest BCUT2D eigenvalue weighted by molar-refractivity contribution is -0.0350. The van der Waals surface area contributed by atoms with Crippen molar-refractivity contribution in [3.05, 3.63) is 23.2 Å². The maximum atomic E-state index is 14.2. The standard InChI is InChI=1S/C19H28FNO/c1-18-7-5-12(22)9-11(18)3-4-13-14(18)6-8-19(2)15(13)10-16(20)17(19)21/h9,12-15,22H,3-8,10,21H2,1-2H3/t12-,13+,14-,15-,18-,19-/m0/s1. The van der Waals surface area contributed by atoms with Gasteiger partial charge in [-0.1, -0.05) is 25.5 Å². The summed E-state index contributed by atoms with van der Waals surface area (Å²) in [5.41, 5.74) is 8.25. The molecule has 4 rings (SSSR count). The van der Waals surface area contributed by atoms with Crippen molar-refractivity contribution in [2.75, 3.05) is 0 Å². The van der Waals surface area contributed by atoms with E-state index < -0.39 is 0 Å². The van der Waals surface area contributed by atoms with Crippen LogP contribution in [0.5, 0.6) is 0 Å². The summed E-state index contributed by atoms with van der Waals surface area (Å²) in [6, 6.07) is 0. The number of halogens is 1. The molecule has 4 aliphatic rings. The maximum absolute atomic E-state index is 14.2. The molecular formula is C19H28FNO. The van der Waals surface area contributed by atoms with Crippen LogP contribution in [-0.2, 0) is 0 Å². The molecule has 4 aliphatic carbocycles. The molecule has 0 amide bonds. The van der Waals surface area contributed by atoms with E-state index in [4.69, 9.17) is 5.73 Å². The molecule has 2 nitrogen and oxygen atoms in total. The van der Waals surface area contributed by atoms with E-state index in [1.807, 2.05) is 0 Å². The lowest BCUT2D eigenvalue weighted by Gasteiger charge is -2.57. The Kier molecular flexibility index (Phi) is 3.08. The Labute approximate surface area is 132 Å². The molecule has 0 unspecified atom stereocenters. The highest BCUT2D eigenvalue weighted by atomic mass is 19.1. The molecule has 0 heterocycles. The number of allylic oxidation sites excluding steroid dienone is 3. The predicted molar refractivity (Wildman–Crippen MR) is 85.4 cm³/mol. The quantitative estimate of drug-likeness (QED) is 0.663. The predicted octanol–water partition coefficient (Wildman–Crippen LogP) is 4.06. The molecule has 2 saturated carbocycles. The van der Waals surface area contributed by atoms with Crippen LogP contribution in [-0.4, -0.2) is 11.2 Å². The summed E-state index contributed by atoms with van der Waals surface area (Å²) in [5, 5.41) is 9.97. The van der Waals surface area contributed by atoms with Gasteiger partial charge in [-0.25, -0.2) is 4.39 Å². The second-order valence-electron chi connectivity index (χ2n) is 8.61. The molecule has 0 radical (unpaired) electrons. The van der Waals surface area contributed by atoms with Crippen LogP contribution in [0.25, 0.3) is 0 Å². The third-order valence-electron chi connectivity index (χ3n) is 7.79. The second-order valence-corrected chi connectivity index (χ2v) is 8.61. The number of hydrogen-bond donors (Lipinski definition) is 2. The Balaban J connectivity index is 1.69. The van der Waals surface area contributed by atoms with Gasteiger partial charge in [-0.2, -0.15) is 0 Å². The van der Waals surface area contributed by atoms with E-state index >= 15 is 0 Å². The van der Waals surface area contributed by atoms with E-state index in [9.17, 15) is 9.50 Å². The van der Waals surface area contributed by atoms with Crippen molar-refractivity contribution in [3.8, 4) is 0 Å². The molecule has 22 heavy (non-hydrogen) atoms. The fraction of sp³-hybridized carbons (Fsp3) is 0.789. The van der Waals surface area contributed by atoms with Gasteiger partial charge in [-0.15, -0.1) is 0 Å². The lowest BCUT2D eigenvalue weighted by atomic mass is 9.47. The summed E-state index contributed by atoms with van der Waals surface area (Å²) < 4.78 is 14.2. The van der Waals surface area contributed by atoms with Crippen molar-refractivity contribution in [1.82, 2.24) is 0 Å². The van der Waals surface area contributed by atoms with Gasteiger partial charge in [0.25, 0.3) is 0 Å². The maximum Gasteiger partial charge on any atom is 0.119 e. The first-order chi connectivity index (χ1) is 10.4. The van der Waals surface area contributed by atoms with Gasteiger partial charge in [0.2, 0.25) is 0 Å². The first-order valence-corrected chi connectivity index (χ1v) is 8.90. The van der Waals surface area contributed by atoms with Crippen molar-refractivity contribution < 1.29 is 9.50 Å². The van der Waals surface area contributed by atoms with E-state index in [-0.39, 0.29) is 22.8 Å². The number of aliphatic hydroxyl groups is 1. The molecule has 0 aromatic carbocycles. The highest BCUT2D eigenvalue weighted by molar-refractivity contribution is 5.30. The molecule has 0 saturated heterocycles. The monoisotopic (exact) mass is 305 g/mol. The molecule has 0 aromatic heterocycles. The first kappa shape index (κ1) is 14.7. The minimum Gasteiger partial charge on any atom is -0.400 e. The molecule has 3 N–H and O–H groups in total. The van der Waals surface area contributed by atoms with E-state index in [0.717, 1.165) is 38.5 Å². The molecule has 6 atom stereocenters. The highest BCUT2D eigenvalue weighted by Gasteiger charge is 2.58. The van der Waals surface area contributed by atoms with Gasteiger partial charge >= 0.3 is 0 Å². The summed E-state index contributed by atoms with van der Waals surface area (Å²) in [4.78, 5) is 0. The third kappa shape index (κ3) is 1.75. The number of aliphatic hydroxyl groups excluding tert-OH is 1. The third-order valence-corrected chi connectivity index (χ3v) is 7.79. The Morgan fingerprint density at radius 3 is 2.64 bits per heavy atom. The minimum atomic E-state index is -0.255. The topological polar surface area (TPSA) is 46.2 Å². The Bertz CT molecular complexity index is 568.